The van der Waals surface area contributed by atoms with Crippen molar-refractivity contribution in [3.8, 4) is 0 Å². The van der Waals surface area contributed by atoms with Gasteiger partial charge in [0.2, 0.25) is 0 Å². The third-order valence-corrected chi connectivity index (χ3v) is 3.25. The third kappa shape index (κ3) is 7.57. The number of hydrogen-bond donors (Lipinski definition) is 1. The Balaban J connectivity index is 0.00000154. The van der Waals surface area contributed by atoms with Crippen molar-refractivity contribution in [3.63, 3.8) is 0 Å². The van der Waals surface area contributed by atoms with Crippen LogP contribution in [-0.4, -0.2) is 23.8 Å². The Kier molecular flexibility index (Phi) is 10.8. The van der Waals surface area contributed by atoms with Crippen LogP contribution < -0.4 is 0 Å². The van der Waals surface area contributed by atoms with E-state index in [2.05, 4.69) is 20.1 Å². The molecule has 0 aromatic carbocycles. The SMILES string of the molecule is CC.[N-]=[N+]=NC[C@H](O)C[C@@H]1CCCCC[C@H]1N=[N+]=[N-]. The molecule has 1 saturated carbocycles. The van der Waals surface area contributed by atoms with E-state index in [0.29, 0.717) is 6.42 Å². The summed E-state index contributed by atoms with van der Waals surface area (Å²) in [6, 6.07) is -0.0248. The van der Waals surface area contributed by atoms with Gasteiger partial charge in [-0.3, -0.25) is 0 Å². The first-order valence-corrected chi connectivity index (χ1v) is 7.01. The van der Waals surface area contributed by atoms with E-state index in [1.807, 2.05) is 13.8 Å². The quantitative estimate of drug-likeness (QED) is 0.339. The summed E-state index contributed by atoms with van der Waals surface area (Å²) in [4.78, 5) is 5.51. The van der Waals surface area contributed by atoms with Crippen molar-refractivity contribution < 1.29 is 5.11 Å². The molecule has 108 valence electrons. The molecule has 0 saturated heterocycles. The number of hydrogen-bond acceptors (Lipinski definition) is 3. The van der Waals surface area contributed by atoms with Crippen LogP contribution in [-0.2, 0) is 0 Å². The van der Waals surface area contributed by atoms with Gasteiger partial charge in [0.25, 0.3) is 0 Å². The van der Waals surface area contributed by atoms with Crippen LogP contribution in [0, 0.1) is 5.92 Å². The van der Waals surface area contributed by atoms with E-state index in [9.17, 15) is 5.11 Å². The first-order valence-electron chi connectivity index (χ1n) is 7.01. The average molecular weight is 268 g/mol. The Morgan fingerprint density at radius 2 is 1.84 bits per heavy atom. The van der Waals surface area contributed by atoms with Crippen molar-refractivity contribution in [2.45, 2.75) is 64.5 Å². The van der Waals surface area contributed by atoms with Gasteiger partial charge in [-0.15, -0.1) is 0 Å². The minimum absolute atomic E-state index is 0.0248. The van der Waals surface area contributed by atoms with Gasteiger partial charge in [-0.25, -0.2) is 0 Å². The summed E-state index contributed by atoms with van der Waals surface area (Å²) in [5.41, 5.74) is 16.7. The molecule has 0 unspecified atom stereocenters. The van der Waals surface area contributed by atoms with Crippen LogP contribution in [0.2, 0.25) is 0 Å². The number of azide groups is 2. The first kappa shape index (κ1) is 17.6. The van der Waals surface area contributed by atoms with Gasteiger partial charge in [0, 0.05) is 15.9 Å². The van der Waals surface area contributed by atoms with E-state index in [1.165, 1.54) is 0 Å². The fourth-order valence-electron chi connectivity index (χ4n) is 2.41. The van der Waals surface area contributed by atoms with Gasteiger partial charge in [-0.2, -0.15) is 0 Å². The molecular formula is C12H24N6O. The van der Waals surface area contributed by atoms with Gasteiger partial charge >= 0.3 is 0 Å². The Hall–Kier alpha value is -1.42. The summed E-state index contributed by atoms with van der Waals surface area (Å²) >= 11 is 0. The van der Waals surface area contributed by atoms with Crippen molar-refractivity contribution in [3.05, 3.63) is 20.9 Å². The number of nitrogens with zero attached hydrogens (tertiary/aromatic N) is 6. The van der Waals surface area contributed by atoms with Crippen molar-refractivity contribution in [2.24, 2.45) is 16.1 Å². The molecular weight excluding hydrogens is 244 g/mol. The summed E-state index contributed by atoms with van der Waals surface area (Å²) in [6.45, 7) is 4.09. The monoisotopic (exact) mass is 268 g/mol. The minimum Gasteiger partial charge on any atom is -0.393 e. The Morgan fingerprint density at radius 1 is 1.16 bits per heavy atom. The van der Waals surface area contributed by atoms with E-state index in [-0.39, 0.29) is 18.5 Å². The number of rotatable bonds is 5. The Labute approximate surface area is 114 Å². The number of aliphatic hydroxyl groups excluding tert-OH is 1. The van der Waals surface area contributed by atoms with Crippen LogP contribution in [0.3, 0.4) is 0 Å². The minimum atomic E-state index is -0.634. The van der Waals surface area contributed by atoms with E-state index in [4.69, 9.17) is 11.1 Å². The summed E-state index contributed by atoms with van der Waals surface area (Å²) in [6.07, 6.45) is 5.11. The average Bonchev–Trinajstić information content (AvgIpc) is 2.65. The van der Waals surface area contributed by atoms with Crippen molar-refractivity contribution in [1.82, 2.24) is 0 Å². The molecule has 0 spiro atoms. The zero-order chi connectivity index (χ0) is 14.5. The molecule has 0 amide bonds. The third-order valence-electron chi connectivity index (χ3n) is 3.25. The van der Waals surface area contributed by atoms with Crippen LogP contribution in [0.1, 0.15) is 52.4 Å². The van der Waals surface area contributed by atoms with Gasteiger partial charge in [-0.05, 0) is 36.2 Å². The second-order valence-corrected chi connectivity index (χ2v) is 4.47. The molecule has 7 nitrogen and oxygen atoms in total. The number of aliphatic hydroxyl groups is 1. The van der Waals surface area contributed by atoms with Crippen LogP contribution in [0.25, 0.3) is 20.9 Å². The molecule has 0 heterocycles. The molecule has 0 aromatic heterocycles. The van der Waals surface area contributed by atoms with E-state index in [0.717, 1.165) is 32.1 Å². The molecule has 1 N–H and O–H groups in total. The highest BCUT2D eigenvalue weighted by Crippen LogP contribution is 2.29. The molecule has 7 heteroatoms. The predicted octanol–water partition coefficient (Wildman–Crippen LogP) is 4.33. The Morgan fingerprint density at radius 3 is 2.47 bits per heavy atom. The lowest BCUT2D eigenvalue weighted by Crippen LogP contribution is -2.24. The van der Waals surface area contributed by atoms with Gasteiger partial charge in [0.15, 0.2) is 0 Å². The van der Waals surface area contributed by atoms with Gasteiger partial charge < -0.3 is 5.11 Å². The zero-order valence-corrected chi connectivity index (χ0v) is 11.8. The second-order valence-electron chi connectivity index (χ2n) is 4.47. The molecule has 0 bridgehead atoms. The molecule has 0 aromatic rings. The second kappa shape index (κ2) is 11.7. The lowest BCUT2D eigenvalue weighted by atomic mass is 9.90. The predicted molar refractivity (Wildman–Crippen MR) is 75.5 cm³/mol. The first-order chi connectivity index (χ1) is 9.27. The summed E-state index contributed by atoms with van der Waals surface area (Å²) < 4.78 is 0. The van der Waals surface area contributed by atoms with Crippen LogP contribution in [0.5, 0.6) is 0 Å². The maximum atomic E-state index is 9.71. The highest BCUT2D eigenvalue weighted by molar-refractivity contribution is 4.82. The van der Waals surface area contributed by atoms with Crippen molar-refractivity contribution >= 4 is 0 Å². The molecule has 3 atom stereocenters. The molecule has 1 aliphatic rings. The van der Waals surface area contributed by atoms with Crippen LogP contribution >= 0.6 is 0 Å². The van der Waals surface area contributed by atoms with Crippen LogP contribution in [0.15, 0.2) is 10.2 Å². The molecule has 0 aliphatic heterocycles. The summed E-state index contributed by atoms with van der Waals surface area (Å²) in [5, 5.41) is 16.9. The van der Waals surface area contributed by atoms with Crippen molar-refractivity contribution in [1.29, 1.82) is 0 Å². The highest BCUT2D eigenvalue weighted by atomic mass is 16.3. The maximum absolute atomic E-state index is 9.71. The van der Waals surface area contributed by atoms with Gasteiger partial charge in [-0.1, -0.05) is 43.3 Å². The summed E-state index contributed by atoms with van der Waals surface area (Å²) in [5.74, 6) is 0.206. The molecule has 0 radical (unpaired) electrons. The van der Waals surface area contributed by atoms with Crippen molar-refractivity contribution in [2.75, 3.05) is 6.54 Å². The largest absolute Gasteiger partial charge is 0.393 e. The van der Waals surface area contributed by atoms with E-state index in [1.54, 1.807) is 0 Å². The summed E-state index contributed by atoms with van der Waals surface area (Å²) in [7, 11) is 0. The normalized spacial score (nSPS) is 23.7. The molecule has 1 aliphatic carbocycles. The van der Waals surface area contributed by atoms with Crippen LogP contribution in [0.4, 0.5) is 0 Å². The Bertz CT molecular complexity index is 322. The molecule has 19 heavy (non-hydrogen) atoms. The molecule has 1 fully saturated rings. The fourth-order valence-corrected chi connectivity index (χ4v) is 2.41. The van der Waals surface area contributed by atoms with Gasteiger partial charge in [0.1, 0.15) is 0 Å². The highest BCUT2D eigenvalue weighted by Gasteiger charge is 2.24. The van der Waals surface area contributed by atoms with E-state index < -0.39 is 6.10 Å². The van der Waals surface area contributed by atoms with E-state index >= 15 is 0 Å². The lowest BCUT2D eigenvalue weighted by molar-refractivity contribution is 0.139. The van der Waals surface area contributed by atoms with Gasteiger partial charge in [0.05, 0.1) is 12.6 Å². The fraction of sp³-hybridized carbons (Fsp3) is 1.00. The standard InChI is InChI=1S/C10H18N6O.C2H6/c11-15-13-7-9(17)6-8-4-2-1-3-5-10(8)14-16-12;1-2/h8-10,17H,1-7H2;1-2H3/t8-,9+,10+;/m0./s1. The smallest absolute Gasteiger partial charge is 0.0599 e. The zero-order valence-electron chi connectivity index (χ0n) is 11.8. The molecule has 1 rings (SSSR count). The lowest BCUT2D eigenvalue weighted by Gasteiger charge is -2.22. The maximum Gasteiger partial charge on any atom is 0.0599 e. The topological polar surface area (TPSA) is 118 Å².